The van der Waals surface area contributed by atoms with Gasteiger partial charge in [0.1, 0.15) is 16.8 Å². The Morgan fingerprint density at radius 3 is 1.21 bits per heavy atom. The molecule has 2 rings (SSSR count). The van der Waals surface area contributed by atoms with Crippen molar-refractivity contribution in [1.82, 2.24) is 20.9 Å². The molecule has 0 saturated carbocycles. The quantitative estimate of drug-likeness (QED) is 0.0877. The second-order valence-corrected chi connectivity index (χ2v) is 22.3. The fourth-order valence-electron chi connectivity index (χ4n) is 5.23. The van der Waals surface area contributed by atoms with E-state index in [0.717, 1.165) is 67.5 Å². The number of hydrogen-bond donors (Lipinski definition) is 4. The smallest absolute Gasteiger partial charge is 0.407 e. The number of aliphatic hydroxyl groups excluding tert-OH is 1. The summed E-state index contributed by atoms with van der Waals surface area (Å²) in [6, 6.07) is 7.82. The first-order valence-electron chi connectivity index (χ1n) is 22.1. The maximum absolute atomic E-state index is 13.0. The monoisotopic (exact) mass is 1020 g/mol. The molecule has 0 saturated heterocycles. The molecule has 394 valence electrons. The number of ether oxygens (including phenoxy) is 3. The number of aliphatic hydroxyl groups is 1. The van der Waals surface area contributed by atoms with Crippen LogP contribution in [-0.4, -0.2) is 91.7 Å². The molecule has 0 aliphatic carbocycles. The summed E-state index contributed by atoms with van der Waals surface area (Å²) in [6.07, 6.45) is 7.34. The van der Waals surface area contributed by atoms with Gasteiger partial charge in [-0.3, -0.25) is 9.59 Å². The standard InChI is InChI=1S/C22H32N2O3S3.C13H25NO3S.C11H23NO3.4CH4/c1-5-6-9-17(23-20(25)27-22(2,3)4)16-30-21(26)24(14-18-10-7-12-28-18)15-19-11-8-13-29-19;1-6-7-8-11(9-18-10(2)15)14-12(16)17-13(3,4)5;1-5-6-7-9(8-13)12-10(14)15-11(2,3)4;;;;/h7-8,10-13,17H,5-6,9,14-16H2,1-4H3,(H,23,25);11H,6-9H2,1-5H3,(H,14,16);9,13H,5-8H2,1-4H3,(H,12,14);4*1H4/t17-;11-;9-;;;;/m000..../s1. The Morgan fingerprint density at radius 2 is 0.925 bits per heavy atom. The lowest BCUT2D eigenvalue weighted by atomic mass is 10.1. The predicted octanol–water partition coefficient (Wildman–Crippen LogP) is 14.7. The van der Waals surface area contributed by atoms with E-state index in [2.05, 4.69) is 48.9 Å². The van der Waals surface area contributed by atoms with Crippen molar-refractivity contribution in [3.05, 3.63) is 44.8 Å². The summed E-state index contributed by atoms with van der Waals surface area (Å²) in [5, 5.41) is 21.6. The minimum Gasteiger partial charge on any atom is -0.444 e. The Morgan fingerprint density at radius 1 is 0.597 bits per heavy atom. The highest BCUT2D eigenvalue weighted by Crippen LogP contribution is 2.23. The molecule has 0 aromatic carbocycles. The van der Waals surface area contributed by atoms with Crippen LogP contribution in [0.3, 0.4) is 0 Å². The zero-order valence-corrected chi connectivity index (χ0v) is 43.7. The summed E-state index contributed by atoms with van der Waals surface area (Å²) in [7, 11) is 0. The summed E-state index contributed by atoms with van der Waals surface area (Å²) in [5.74, 6) is 1.14. The topological polar surface area (TPSA) is 173 Å². The minimum atomic E-state index is -0.541. The van der Waals surface area contributed by atoms with Gasteiger partial charge in [-0.1, -0.05) is 125 Å². The number of carbonyl (C=O) groups is 5. The first kappa shape index (κ1) is 73.0. The van der Waals surface area contributed by atoms with Crippen LogP contribution in [0, 0.1) is 0 Å². The van der Waals surface area contributed by atoms with Gasteiger partial charge in [0.25, 0.3) is 5.24 Å². The van der Waals surface area contributed by atoms with Crippen molar-refractivity contribution in [1.29, 1.82) is 0 Å². The van der Waals surface area contributed by atoms with Crippen LogP contribution in [0.15, 0.2) is 35.0 Å². The molecule has 13 nitrogen and oxygen atoms in total. The Labute approximate surface area is 425 Å². The second kappa shape index (κ2) is 39.8. The van der Waals surface area contributed by atoms with Crippen molar-refractivity contribution in [3.63, 3.8) is 0 Å². The van der Waals surface area contributed by atoms with Crippen molar-refractivity contribution < 1.29 is 43.3 Å². The van der Waals surface area contributed by atoms with Crippen molar-refractivity contribution in [2.75, 3.05) is 18.1 Å². The molecule has 2 heterocycles. The summed E-state index contributed by atoms with van der Waals surface area (Å²) in [6.45, 7) is 25.4. The van der Waals surface area contributed by atoms with Crippen LogP contribution < -0.4 is 16.0 Å². The van der Waals surface area contributed by atoms with Crippen LogP contribution in [-0.2, 0) is 32.1 Å². The number of thiophene rings is 2. The Hall–Kier alpha value is -2.99. The number of amides is 4. The average Bonchev–Trinajstić information content (AvgIpc) is 3.88. The molecule has 67 heavy (non-hydrogen) atoms. The van der Waals surface area contributed by atoms with Gasteiger partial charge in [-0.2, -0.15) is 0 Å². The third-order valence-electron chi connectivity index (χ3n) is 8.11. The van der Waals surface area contributed by atoms with Gasteiger partial charge >= 0.3 is 18.3 Å². The second-order valence-electron chi connectivity index (χ2n) is 18.0. The predicted molar refractivity (Wildman–Crippen MR) is 291 cm³/mol. The summed E-state index contributed by atoms with van der Waals surface area (Å²) in [5.41, 5.74) is -1.53. The lowest BCUT2D eigenvalue weighted by Gasteiger charge is -2.25. The highest BCUT2D eigenvalue weighted by atomic mass is 32.2. The van der Waals surface area contributed by atoms with E-state index in [-0.39, 0.29) is 64.8 Å². The van der Waals surface area contributed by atoms with Gasteiger partial charge in [-0.05, 0) is 104 Å². The maximum Gasteiger partial charge on any atom is 0.407 e. The minimum absolute atomic E-state index is 0. The molecule has 2 aromatic heterocycles. The van der Waals surface area contributed by atoms with Gasteiger partial charge in [-0.15, -0.1) is 22.7 Å². The summed E-state index contributed by atoms with van der Waals surface area (Å²) < 4.78 is 15.7. The lowest BCUT2D eigenvalue weighted by molar-refractivity contribution is -0.109. The number of nitrogens with zero attached hydrogens (tertiary/aromatic N) is 1. The number of alkyl carbamates (subject to hydrolysis) is 3. The highest BCUT2D eigenvalue weighted by molar-refractivity contribution is 8.13. The number of unbranched alkanes of at least 4 members (excludes halogenated alkanes) is 3. The van der Waals surface area contributed by atoms with Crippen molar-refractivity contribution in [2.45, 2.75) is 226 Å². The van der Waals surface area contributed by atoms with E-state index < -0.39 is 35.1 Å². The van der Waals surface area contributed by atoms with E-state index in [1.54, 1.807) is 22.7 Å². The van der Waals surface area contributed by atoms with E-state index in [1.807, 2.05) is 90.1 Å². The number of carbonyl (C=O) groups excluding carboxylic acids is 5. The van der Waals surface area contributed by atoms with E-state index in [1.165, 1.54) is 30.4 Å². The van der Waals surface area contributed by atoms with Crippen LogP contribution in [0.25, 0.3) is 0 Å². The summed E-state index contributed by atoms with van der Waals surface area (Å²) >= 11 is 5.83. The average molecular weight is 1030 g/mol. The number of hydrogen-bond acceptors (Lipinski definition) is 13. The molecule has 17 heteroatoms. The molecule has 2 aromatic rings. The largest absolute Gasteiger partial charge is 0.444 e. The van der Waals surface area contributed by atoms with Crippen LogP contribution in [0.1, 0.15) is 187 Å². The van der Waals surface area contributed by atoms with Crippen LogP contribution >= 0.6 is 46.2 Å². The fourth-order valence-corrected chi connectivity index (χ4v) is 8.26. The van der Waals surface area contributed by atoms with Gasteiger partial charge in [-0.25, -0.2) is 14.4 Å². The zero-order chi connectivity index (χ0) is 48.1. The first-order valence-corrected chi connectivity index (χ1v) is 25.8. The molecular weight excluding hydrogens is 929 g/mol. The molecule has 0 spiro atoms. The highest BCUT2D eigenvalue weighted by Gasteiger charge is 2.24. The molecule has 0 bridgehead atoms. The first-order chi connectivity index (χ1) is 29.4. The zero-order valence-electron chi connectivity index (χ0n) is 40.4. The summed E-state index contributed by atoms with van der Waals surface area (Å²) in [4.78, 5) is 63.4. The van der Waals surface area contributed by atoms with Gasteiger partial charge in [0.15, 0.2) is 5.12 Å². The molecule has 0 aliphatic rings. The molecule has 0 unspecified atom stereocenters. The molecular formula is C50H96N4O9S4. The van der Waals surface area contributed by atoms with Crippen molar-refractivity contribution in [3.8, 4) is 0 Å². The molecule has 0 radical (unpaired) electrons. The number of rotatable bonds is 21. The Kier molecular flexibility index (Phi) is 43.4. The van der Waals surface area contributed by atoms with E-state index in [0.29, 0.717) is 24.6 Å². The van der Waals surface area contributed by atoms with Crippen LogP contribution in [0.5, 0.6) is 0 Å². The number of nitrogens with one attached hydrogen (secondary N) is 3. The third-order valence-corrected chi connectivity index (χ3v) is 11.9. The maximum atomic E-state index is 13.0. The van der Waals surface area contributed by atoms with Gasteiger partial charge in [0.05, 0.1) is 25.7 Å². The molecule has 0 fully saturated rings. The van der Waals surface area contributed by atoms with Crippen LogP contribution in [0.4, 0.5) is 19.2 Å². The molecule has 4 amide bonds. The number of thioether (sulfide) groups is 2. The van der Waals surface area contributed by atoms with E-state index >= 15 is 0 Å². The van der Waals surface area contributed by atoms with E-state index in [9.17, 15) is 24.0 Å². The van der Waals surface area contributed by atoms with Crippen molar-refractivity contribution >= 4 is 74.8 Å². The third kappa shape index (κ3) is 42.8. The van der Waals surface area contributed by atoms with Gasteiger partial charge in [0.2, 0.25) is 0 Å². The molecule has 0 aliphatic heterocycles. The van der Waals surface area contributed by atoms with Gasteiger partial charge in [0, 0.05) is 40.3 Å². The normalized spacial score (nSPS) is 12.0. The fraction of sp³-hybridized carbons (Fsp3) is 0.740. The van der Waals surface area contributed by atoms with Gasteiger partial charge < -0.3 is 40.2 Å². The van der Waals surface area contributed by atoms with E-state index in [4.69, 9.17) is 19.3 Å². The molecule has 3 atom stereocenters. The van der Waals surface area contributed by atoms with Crippen molar-refractivity contribution in [2.24, 2.45) is 0 Å². The Balaban J connectivity index is -0.000000300. The Bertz CT molecular complexity index is 1510. The lowest BCUT2D eigenvalue weighted by Crippen LogP contribution is -2.41. The SMILES string of the molecule is C.C.C.C.CCCC[C@@H](CO)NC(=O)OC(C)(C)C.CCCC[C@@H](CSC(=O)N(Cc1cccs1)Cc1cccs1)NC(=O)OC(C)(C)C.CCCC[C@@H](CSC(C)=O)NC(=O)OC(C)(C)C. The van der Waals surface area contributed by atoms with Crippen LogP contribution in [0.2, 0.25) is 0 Å². The molecule has 4 N–H and O–H groups in total.